The average Bonchev–Trinajstić information content (AvgIpc) is 3.23. The van der Waals surface area contributed by atoms with Crippen LogP contribution in [0, 0.1) is 28.6 Å². The van der Waals surface area contributed by atoms with Gasteiger partial charge in [-0.15, -0.1) is 0 Å². The number of Topliss-reactive ketones (excluding diaryl/α,β-unsaturated/α-hetero) is 1. The van der Waals surface area contributed by atoms with E-state index in [1.165, 1.54) is 6.26 Å². The minimum atomic E-state index is -3.42. The third kappa shape index (κ3) is 1.89. The SMILES string of the molecule is C[C@]12CC[C@H]3[C@@H](CC[C@]45OC4C(=O)C(S(C)(=O)=O)C[C@]35C)[C@@H]1CC[C@@H]2O. The lowest BCUT2D eigenvalue weighted by atomic mass is 9.45. The number of epoxide rings is 1. The van der Waals surface area contributed by atoms with Crippen LogP contribution < -0.4 is 0 Å². The van der Waals surface area contributed by atoms with Gasteiger partial charge in [0.15, 0.2) is 15.6 Å². The summed E-state index contributed by atoms with van der Waals surface area (Å²) in [5, 5.41) is 9.66. The Morgan fingerprint density at radius 2 is 1.81 bits per heavy atom. The molecular weight excluding hydrogens is 352 g/mol. The van der Waals surface area contributed by atoms with Crippen LogP contribution in [0.2, 0.25) is 0 Å². The number of sulfone groups is 1. The van der Waals surface area contributed by atoms with Gasteiger partial charge in [-0.3, -0.25) is 4.79 Å². The van der Waals surface area contributed by atoms with Crippen LogP contribution >= 0.6 is 0 Å². The number of ether oxygens (including phenoxy) is 1. The lowest BCUT2D eigenvalue weighted by Gasteiger charge is -2.59. The van der Waals surface area contributed by atoms with Crippen LogP contribution in [0.3, 0.4) is 0 Å². The minimum absolute atomic E-state index is 0.00651. The molecule has 0 aromatic rings. The van der Waals surface area contributed by atoms with Gasteiger partial charge in [-0.05, 0) is 68.1 Å². The van der Waals surface area contributed by atoms with Crippen molar-refractivity contribution in [2.45, 2.75) is 81.9 Å². The second kappa shape index (κ2) is 4.93. The van der Waals surface area contributed by atoms with Crippen molar-refractivity contribution in [2.24, 2.45) is 28.6 Å². The summed E-state index contributed by atoms with van der Waals surface area (Å²) in [4.78, 5) is 12.7. The Kier molecular flexibility index (Phi) is 3.34. The fourth-order valence-electron chi connectivity index (χ4n) is 7.86. The summed E-state index contributed by atoms with van der Waals surface area (Å²) in [5.41, 5.74) is -0.666. The molecule has 1 heterocycles. The summed E-state index contributed by atoms with van der Waals surface area (Å²) in [7, 11) is -3.42. The number of hydrogen-bond donors (Lipinski definition) is 1. The molecule has 0 bridgehead atoms. The van der Waals surface area contributed by atoms with Crippen molar-refractivity contribution in [1.82, 2.24) is 0 Å². The average molecular weight is 383 g/mol. The van der Waals surface area contributed by atoms with Gasteiger partial charge in [0.1, 0.15) is 17.0 Å². The third-order valence-electron chi connectivity index (χ3n) is 9.42. The maximum absolute atomic E-state index is 12.7. The van der Waals surface area contributed by atoms with Crippen LogP contribution in [0.1, 0.15) is 58.8 Å². The summed E-state index contributed by atoms with van der Waals surface area (Å²) in [6, 6.07) is 0. The summed E-state index contributed by atoms with van der Waals surface area (Å²) in [5.74, 6) is 1.21. The molecule has 1 spiro atoms. The highest BCUT2D eigenvalue weighted by Crippen LogP contribution is 2.72. The smallest absolute Gasteiger partial charge is 0.182 e. The van der Waals surface area contributed by atoms with Gasteiger partial charge in [-0.2, -0.15) is 0 Å². The van der Waals surface area contributed by atoms with Gasteiger partial charge in [0.25, 0.3) is 0 Å². The lowest BCUT2D eigenvalue weighted by molar-refractivity contribution is -0.133. The van der Waals surface area contributed by atoms with Crippen LogP contribution in [0.25, 0.3) is 0 Å². The van der Waals surface area contributed by atoms with E-state index in [1.54, 1.807) is 0 Å². The number of hydrogen-bond acceptors (Lipinski definition) is 5. The van der Waals surface area contributed by atoms with E-state index >= 15 is 0 Å². The zero-order valence-electron chi connectivity index (χ0n) is 15.9. The maximum atomic E-state index is 12.7. The zero-order chi connectivity index (χ0) is 18.7. The van der Waals surface area contributed by atoms with Gasteiger partial charge in [-0.1, -0.05) is 13.8 Å². The highest BCUT2D eigenvalue weighted by molar-refractivity contribution is 7.92. The molecule has 2 unspecified atom stereocenters. The Morgan fingerprint density at radius 1 is 1.08 bits per heavy atom. The van der Waals surface area contributed by atoms with E-state index in [0.717, 1.165) is 38.5 Å². The van der Waals surface area contributed by atoms with E-state index in [9.17, 15) is 18.3 Å². The van der Waals surface area contributed by atoms with Crippen molar-refractivity contribution in [1.29, 1.82) is 0 Å². The second-order valence-corrected chi connectivity index (χ2v) is 12.5. The first-order valence-electron chi connectivity index (χ1n) is 10.1. The van der Waals surface area contributed by atoms with Crippen LogP contribution in [-0.2, 0) is 19.4 Å². The largest absolute Gasteiger partial charge is 0.393 e. The van der Waals surface area contributed by atoms with E-state index in [-0.39, 0.29) is 22.7 Å². The van der Waals surface area contributed by atoms with Gasteiger partial charge in [0, 0.05) is 11.7 Å². The van der Waals surface area contributed by atoms with Crippen molar-refractivity contribution >= 4 is 15.6 Å². The predicted molar refractivity (Wildman–Crippen MR) is 96.3 cm³/mol. The van der Waals surface area contributed by atoms with Gasteiger partial charge >= 0.3 is 0 Å². The molecular formula is C20H30O5S. The fourth-order valence-corrected chi connectivity index (χ4v) is 9.06. The number of rotatable bonds is 1. The molecule has 0 aromatic carbocycles. The lowest BCUT2D eigenvalue weighted by Crippen LogP contribution is -2.61. The van der Waals surface area contributed by atoms with Crippen molar-refractivity contribution in [2.75, 3.05) is 6.26 Å². The maximum Gasteiger partial charge on any atom is 0.182 e. The highest BCUT2D eigenvalue weighted by Gasteiger charge is 2.78. The van der Waals surface area contributed by atoms with Crippen LogP contribution in [0.15, 0.2) is 0 Å². The molecule has 9 atom stereocenters. The van der Waals surface area contributed by atoms with Gasteiger partial charge in [0.05, 0.1) is 6.10 Å². The van der Waals surface area contributed by atoms with E-state index in [1.807, 2.05) is 0 Å². The molecule has 5 nitrogen and oxygen atoms in total. The molecule has 1 aliphatic heterocycles. The normalized spacial score (nSPS) is 58.4. The van der Waals surface area contributed by atoms with E-state index in [4.69, 9.17) is 4.74 Å². The molecule has 5 rings (SSSR count). The molecule has 0 amide bonds. The summed E-state index contributed by atoms with van der Waals surface area (Å²) in [6.07, 6.45) is 6.75. The first-order valence-corrected chi connectivity index (χ1v) is 12.1. The summed E-state index contributed by atoms with van der Waals surface area (Å²) < 4.78 is 30.7. The quantitative estimate of drug-likeness (QED) is 0.702. The number of carbonyl (C=O) groups is 1. The summed E-state index contributed by atoms with van der Waals surface area (Å²) in [6.45, 7) is 4.45. The van der Waals surface area contributed by atoms with E-state index < -0.39 is 26.8 Å². The number of aliphatic hydroxyl groups excluding tert-OH is 1. The molecule has 4 aliphatic carbocycles. The minimum Gasteiger partial charge on any atom is -0.393 e. The number of fused-ring (bicyclic) bond motifs is 4. The number of aliphatic hydroxyl groups is 1. The van der Waals surface area contributed by atoms with Gasteiger partial charge in [0.2, 0.25) is 0 Å². The molecule has 26 heavy (non-hydrogen) atoms. The molecule has 1 saturated heterocycles. The molecule has 6 heteroatoms. The van der Waals surface area contributed by atoms with Crippen LogP contribution in [0.5, 0.6) is 0 Å². The van der Waals surface area contributed by atoms with Crippen molar-refractivity contribution in [3.8, 4) is 0 Å². The first kappa shape index (κ1) is 17.6. The van der Waals surface area contributed by atoms with Crippen LogP contribution in [0.4, 0.5) is 0 Å². The van der Waals surface area contributed by atoms with E-state index in [0.29, 0.717) is 24.2 Å². The Hall–Kier alpha value is -0.460. The Balaban J connectivity index is 1.54. The summed E-state index contributed by atoms with van der Waals surface area (Å²) >= 11 is 0. The predicted octanol–water partition coefficient (Wildman–Crippen LogP) is 2.11. The standard InChI is InChI=1S/C20H30O5S/c1-18-8-7-13-11(12(18)4-5-15(18)21)6-9-20-17(25-20)16(22)14(26(3,23)24)10-19(13,20)2/h11-15,17,21H,4-10H2,1-3H3/t11-,12-,13-,14?,15-,17?,18-,19+,20-/m0/s1. The van der Waals surface area contributed by atoms with Gasteiger partial charge < -0.3 is 9.84 Å². The van der Waals surface area contributed by atoms with Crippen molar-refractivity contribution in [3.05, 3.63) is 0 Å². The van der Waals surface area contributed by atoms with Crippen molar-refractivity contribution < 1.29 is 23.1 Å². The molecule has 5 fully saturated rings. The van der Waals surface area contributed by atoms with Crippen LogP contribution in [-0.4, -0.2) is 48.6 Å². The Labute approximate surface area is 155 Å². The third-order valence-corrected chi connectivity index (χ3v) is 10.9. The second-order valence-electron chi connectivity index (χ2n) is 10.3. The van der Waals surface area contributed by atoms with Crippen molar-refractivity contribution in [3.63, 3.8) is 0 Å². The van der Waals surface area contributed by atoms with E-state index in [2.05, 4.69) is 13.8 Å². The molecule has 146 valence electrons. The highest BCUT2D eigenvalue weighted by atomic mass is 32.2. The fraction of sp³-hybridized carbons (Fsp3) is 0.950. The Morgan fingerprint density at radius 3 is 2.50 bits per heavy atom. The Bertz CT molecular complexity index is 777. The molecule has 4 saturated carbocycles. The number of ketones is 1. The molecule has 1 N–H and O–H groups in total. The monoisotopic (exact) mass is 382 g/mol. The molecule has 0 aromatic heterocycles. The number of carbonyl (C=O) groups excluding carboxylic acids is 1. The van der Waals surface area contributed by atoms with Gasteiger partial charge in [-0.25, -0.2) is 8.42 Å². The molecule has 5 aliphatic rings. The topological polar surface area (TPSA) is 84.0 Å². The molecule has 0 radical (unpaired) electrons. The first-order chi connectivity index (χ1) is 12.0. The zero-order valence-corrected chi connectivity index (χ0v) is 16.7.